The lowest BCUT2D eigenvalue weighted by atomic mass is 10.2. The van der Waals surface area contributed by atoms with Gasteiger partial charge in [-0.05, 0) is 24.3 Å². The molecule has 6 nitrogen and oxygen atoms in total. The first-order chi connectivity index (χ1) is 13.0. The molecule has 1 heterocycles. The van der Waals surface area contributed by atoms with Crippen molar-refractivity contribution < 1.29 is 14.0 Å². The van der Waals surface area contributed by atoms with E-state index in [-0.39, 0.29) is 22.4 Å². The molecule has 0 spiro atoms. The van der Waals surface area contributed by atoms with Gasteiger partial charge in [0.15, 0.2) is 4.34 Å². The number of rotatable bonds is 6. The summed E-state index contributed by atoms with van der Waals surface area (Å²) < 4.78 is 14.1. The lowest BCUT2D eigenvalue weighted by molar-refractivity contribution is -0.113. The first kappa shape index (κ1) is 19.3. The smallest absolute Gasteiger partial charge is 0.260 e. The maximum Gasteiger partial charge on any atom is 0.260 e. The standard InChI is InChI=1S/C17H12ClFN4O2S2/c18-11-6-2-4-8-13(11)20-14(24)9-26-17-23-22-16(27-17)21-15(25)10-5-1-3-7-12(10)19/h1-8H,9H2,(H,20,24)(H,21,22,25). The van der Waals surface area contributed by atoms with Crippen LogP contribution in [0.5, 0.6) is 0 Å². The van der Waals surface area contributed by atoms with Crippen molar-refractivity contribution in [1.82, 2.24) is 10.2 Å². The average Bonchev–Trinajstić information content (AvgIpc) is 3.09. The van der Waals surface area contributed by atoms with E-state index < -0.39 is 11.7 Å². The molecule has 0 radical (unpaired) electrons. The number of carbonyl (C=O) groups excluding carboxylic acids is 2. The molecule has 3 rings (SSSR count). The minimum atomic E-state index is -0.620. The van der Waals surface area contributed by atoms with Crippen molar-refractivity contribution in [3.63, 3.8) is 0 Å². The zero-order chi connectivity index (χ0) is 19.2. The lowest BCUT2D eigenvalue weighted by Crippen LogP contribution is -2.14. The highest BCUT2D eigenvalue weighted by atomic mass is 35.5. The minimum Gasteiger partial charge on any atom is -0.324 e. The van der Waals surface area contributed by atoms with Crippen LogP contribution in [0.4, 0.5) is 15.2 Å². The normalized spacial score (nSPS) is 10.4. The van der Waals surface area contributed by atoms with E-state index in [0.717, 1.165) is 23.1 Å². The van der Waals surface area contributed by atoms with Gasteiger partial charge in [0.2, 0.25) is 11.0 Å². The second-order valence-corrected chi connectivity index (χ2v) is 7.73. The van der Waals surface area contributed by atoms with Gasteiger partial charge >= 0.3 is 0 Å². The second kappa shape index (κ2) is 8.94. The molecule has 0 saturated heterocycles. The summed E-state index contributed by atoms with van der Waals surface area (Å²) in [6.45, 7) is 0. The SMILES string of the molecule is O=C(CSc1nnc(NC(=O)c2ccccc2F)s1)Nc1ccccc1Cl. The van der Waals surface area contributed by atoms with Crippen LogP contribution < -0.4 is 10.6 Å². The van der Waals surface area contributed by atoms with Gasteiger partial charge in [-0.25, -0.2) is 4.39 Å². The highest BCUT2D eigenvalue weighted by Gasteiger charge is 2.14. The van der Waals surface area contributed by atoms with Crippen LogP contribution in [-0.4, -0.2) is 27.8 Å². The fourth-order valence-electron chi connectivity index (χ4n) is 2.00. The highest BCUT2D eigenvalue weighted by Crippen LogP contribution is 2.27. The van der Waals surface area contributed by atoms with Crippen LogP contribution in [0.15, 0.2) is 52.9 Å². The molecule has 1 aromatic heterocycles. The van der Waals surface area contributed by atoms with Gasteiger partial charge in [-0.15, -0.1) is 10.2 Å². The third-order valence-electron chi connectivity index (χ3n) is 3.22. The molecule has 27 heavy (non-hydrogen) atoms. The summed E-state index contributed by atoms with van der Waals surface area (Å²) in [5.41, 5.74) is 0.445. The maximum absolute atomic E-state index is 13.6. The molecular weight excluding hydrogens is 411 g/mol. The van der Waals surface area contributed by atoms with Crippen LogP contribution in [-0.2, 0) is 4.79 Å². The van der Waals surface area contributed by atoms with E-state index in [1.807, 2.05) is 0 Å². The van der Waals surface area contributed by atoms with Crippen molar-refractivity contribution in [2.45, 2.75) is 4.34 Å². The van der Waals surface area contributed by atoms with Crippen molar-refractivity contribution in [2.24, 2.45) is 0 Å². The van der Waals surface area contributed by atoms with Gasteiger partial charge in [0.1, 0.15) is 5.82 Å². The molecule has 2 aromatic carbocycles. The maximum atomic E-state index is 13.6. The Kier molecular flexibility index (Phi) is 6.38. The number of hydrogen-bond acceptors (Lipinski definition) is 6. The Balaban J connectivity index is 1.54. The van der Waals surface area contributed by atoms with Gasteiger partial charge < -0.3 is 5.32 Å². The molecule has 0 aliphatic carbocycles. The van der Waals surface area contributed by atoms with Crippen LogP contribution in [0.2, 0.25) is 5.02 Å². The number of carbonyl (C=O) groups is 2. The minimum absolute atomic E-state index is 0.0824. The van der Waals surface area contributed by atoms with Gasteiger partial charge in [0.25, 0.3) is 5.91 Å². The number of nitrogens with one attached hydrogen (secondary N) is 2. The number of para-hydroxylation sites is 1. The van der Waals surface area contributed by atoms with E-state index in [4.69, 9.17) is 11.6 Å². The number of halogens is 2. The fourth-order valence-corrected chi connectivity index (χ4v) is 3.73. The number of hydrogen-bond donors (Lipinski definition) is 2. The number of amides is 2. The van der Waals surface area contributed by atoms with Crippen LogP contribution in [0, 0.1) is 5.82 Å². The van der Waals surface area contributed by atoms with Gasteiger partial charge in [-0.3, -0.25) is 14.9 Å². The third kappa shape index (κ3) is 5.25. The number of nitrogens with zero attached hydrogens (tertiary/aromatic N) is 2. The van der Waals surface area contributed by atoms with E-state index in [1.165, 1.54) is 18.2 Å². The van der Waals surface area contributed by atoms with Gasteiger partial charge in [0.05, 0.1) is 22.0 Å². The number of aromatic nitrogens is 2. The van der Waals surface area contributed by atoms with Crippen molar-refractivity contribution in [3.05, 3.63) is 64.9 Å². The molecule has 0 atom stereocenters. The summed E-state index contributed by atoms with van der Waals surface area (Å²) in [4.78, 5) is 24.0. The van der Waals surface area contributed by atoms with E-state index in [9.17, 15) is 14.0 Å². The summed E-state index contributed by atoms with van der Waals surface area (Å²) in [5.74, 6) is -1.39. The van der Waals surface area contributed by atoms with Crippen LogP contribution >= 0.6 is 34.7 Å². The van der Waals surface area contributed by atoms with Gasteiger partial charge in [-0.1, -0.05) is 59.0 Å². The summed E-state index contributed by atoms with van der Waals surface area (Å²) in [6, 6.07) is 12.6. The first-order valence-electron chi connectivity index (χ1n) is 7.59. The van der Waals surface area contributed by atoms with E-state index in [1.54, 1.807) is 30.3 Å². The lowest BCUT2D eigenvalue weighted by Gasteiger charge is -2.05. The Morgan fingerprint density at radius 2 is 1.81 bits per heavy atom. The Labute approximate surface area is 167 Å². The molecule has 0 fully saturated rings. The molecule has 3 aromatic rings. The quantitative estimate of drug-likeness (QED) is 0.456. The Morgan fingerprint density at radius 1 is 1.07 bits per heavy atom. The van der Waals surface area contributed by atoms with Crippen LogP contribution in [0.3, 0.4) is 0 Å². The Bertz CT molecular complexity index is 983. The molecule has 0 unspecified atom stereocenters. The molecule has 2 N–H and O–H groups in total. The zero-order valence-corrected chi connectivity index (χ0v) is 16.0. The Morgan fingerprint density at radius 3 is 2.59 bits per heavy atom. The van der Waals surface area contributed by atoms with Gasteiger partial charge in [0, 0.05) is 0 Å². The Hall–Kier alpha value is -2.49. The number of anilines is 2. The molecule has 138 valence electrons. The van der Waals surface area contributed by atoms with Crippen molar-refractivity contribution in [2.75, 3.05) is 16.4 Å². The zero-order valence-electron chi connectivity index (χ0n) is 13.6. The van der Waals surface area contributed by atoms with Crippen LogP contribution in [0.1, 0.15) is 10.4 Å². The largest absolute Gasteiger partial charge is 0.324 e. The summed E-state index contributed by atoms with van der Waals surface area (Å²) in [7, 11) is 0. The summed E-state index contributed by atoms with van der Waals surface area (Å²) >= 11 is 8.25. The monoisotopic (exact) mass is 422 g/mol. The van der Waals surface area contributed by atoms with E-state index >= 15 is 0 Å². The predicted octanol–water partition coefficient (Wildman–Crippen LogP) is 4.31. The second-order valence-electron chi connectivity index (χ2n) is 5.12. The molecule has 0 bridgehead atoms. The molecular formula is C17H12ClFN4O2S2. The highest BCUT2D eigenvalue weighted by molar-refractivity contribution is 8.01. The first-order valence-corrected chi connectivity index (χ1v) is 9.77. The number of benzene rings is 2. The van der Waals surface area contributed by atoms with Crippen LogP contribution in [0.25, 0.3) is 0 Å². The fraction of sp³-hybridized carbons (Fsp3) is 0.0588. The molecule has 0 saturated carbocycles. The third-order valence-corrected chi connectivity index (χ3v) is 5.52. The number of thioether (sulfide) groups is 1. The van der Waals surface area contributed by atoms with E-state index in [0.29, 0.717) is 15.0 Å². The van der Waals surface area contributed by atoms with Crippen molar-refractivity contribution in [1.29, 1.82) is 0 Å². The van der Waals surface area contributed by atoms with E-state index in [2.05, 4.69) is 20.8 Å². The van der Waals surface area contributed by atoms with Gasteiger partial charge in [-0.2, -0.15) is 0 Å². The topological polar surface area (TPSA) is 84.0 Å². The average molecular weight is 423 g/mol. The molecule has 2 amide bonds. The molecule has 10 heteroatoms. The summed E-state index contributed by atoms with van der Waals surface area (Å²) in [5, 5.41) is 13.6. The molecule has 0 aliphatic heterocycles. The van der Waals surface area contributed by atoms with Crippen molar-refractivity contribution in [3.8, 4) is 0 Å². The predicted molar refractivity (Wildman–Crippen MR) is 105 cm³/mol. The van der Waals surface area contributed by atoms with Crippen molar-refractivity contribution >= 4 is 57.3 Å². The summed E-state index contributed by atoms with van der Waals surface area (Å²) in [6.07, 6.45) is 0. The molecule has 0 aliphatic rings.